The van der Waals surface area contributed by atoms with Crippen LogP contribution in [0.15, 0.2) is 36.9 Å². The molecule has 0 atom stereocenters. The van der Waals surface area contributed by atoms with E-state index in [0.717, 1.165) is 5.56 Å². The van der Waals surface area contributed by atoms with E-state index in [-0.39, 0.29) is 23.7 Å². The number of nitrogens with one attached hydrogen (secondary N) is 1. The molecule has 1 aromatic carbocycles. The first-order chi connectivity index (χ1) is 10.2. The zero-order chi connectivity index (χ0) is 14.7. The Labute approximate surface area is 118 Å². The van der Waals surface area contributed by atoms with Gasteiger partial charge in [-0.1, -0.05) is 12.1 Å². The number of benzene rings is 1. The summed E-state index contributed by atoms with van der Waals surface area (Å²) < 4.78 is 14.5. The highest BCUT2D eigenvalue weighted by molar-refractivity contribution is 5.35. The van der Waals surface area contributed by atoms with Crippen molar-refractivity contribution < 1.29 is 4.39 Å². The molecule has 21 heavy (non-hydrogen) atoms. The van der Waals surface area contributed by atoms with Gasteiger partial charge in [-0.15, -0.1) is 0 Å². The van der Waals surface area contributed by atoms with Crippen molar-refractivity contribution >= 4 is 11.9 Å². The largest absolute Gasteiger partial charge is 0.368 e. The Morgan fingerprint density at radius 3 is 2.90 bits per heavy atom. The van der Waals surface area contributed by atoms with Crippen LogP contribution in [0.1, 0.15) is 5.56 Å². The Hall–Kier alpha value is -3.10. The van der Waals surface area contributed by atoms with Crippen molar-refractivity contribution in [3.8, 4) is 5.95 Å². The van der Waals surface area contributed by atoms with Crippen molar-refractivity contribution in [3.05, 3.63) is 48.3 Å². The van der Waals surface area contributed by atoms with E-state index in [1.54, 1.807) is 12.1 Å². The topological polar surface area (TPSA) is 107 Å². The molecule has 0 saturated heterocycles. The Morgan fingerprint density at radius 2 is 2.14 bits per heavy atom. The minimum atomic E-state index is -0.298. The van der Waals surface area contributed by atoms with Gasteiger partial charge in [-0.25, -0.2) is 9.37 Å². The van der Waals surface area contributed by atoms with Crippen LogP contribution in [0.25, 0.3) is 5.95 Å². The number of aromatic nitrogens is 6. The number of hydrogen-bond acceptors (Lipinski definition) is 7. The van der Waals surface area contributed by atoms with Crippen LogP contribution >= 0.6 is 0 Å². The van der Waals surface area contributed by atoms with Gasteiger partial charge in [0, 0.05) is 6.54 Å². The van der Waals surface area contributed by atoms with E-state index in [1.165, 1.54) is 29.5 Å². The predicted molar refractivity (Wildman–Crippen MR) is 72.9 cm³/mol. The lowest BCUT2D eigenvalue weighted by atomic mass is 10.2. The molecule has 0 aliphatic heterocycles. The molecule has 3 aromatic rings. The molecule has 0 radical (unpaired) electrons. The van der Waals surface area contributed by atoms with Gasteiger partial charge in [0.25, 0.3) is 5.95 Å². The normalized spacial score (nSPS) is 10.5. The Bertz CT molecular complexity index is 743. The molecule has 8 nitrogen and oxygen atoms in total. The van der Waals surface area contributed by atoms with Gasteiger partial charge in [-0.3, -0.25) is 0 Å². The van der Waals surface area contributed by atoms with Crippen molar-refractivity contribution in [3.63, 3.8) is 0 Å². The van der Waals surface area contributed by atoms with Gasteiger partial charge in [0.05, 0.1) is 0 Å². The van der Waals surface area contributed by atoms with Gasteiger partial charge in [-0.05, 0) is 17.7 Å². The lowest BCUT2D eigenvalue weighted by Gasteiger charge is -2.07. The van der Waals surface area contributed by atoms with Crippen LogP contribution in [0.3, 0.4) is 0 Å². The summed E-state index contributed by atoms with van der Waals surface area (Å²) in [6.07, 6.45) is 2.81. The second kappa shape index (κ2) is 5.49. The van der Waals surface area contributed by atoms with Crippen molar-refractivity contribution in [2.75, 3.05) is 11.1 Å². The second-order valence-electron chi connectivity index (χ2n) is 4.14. The molecular formula is C12H11FN8. The number of nitrogen functional groups attached to an aromatic ring is 1. The Kier molecular flexibility index (Phi) is 3.37. The van der Waals surface area contributed by atoms with Gasteiger partial charge in [0.1, 0.15) is 18.5 Å². The van der Waals surface area contributed by atoms with Crippen LogP contribution < -0.4 is 11.1 Å². The van der Waals surface area contributed by atoms with Crippen LogP contribution in [0, 0.1) is 5.82 Å². The summed E-state index contributed by atoms with van der Waals surface area (Å²) in [5.74, 6) is 0.281. The molecular weight excluding hydrogens is 275 g/mol. The third-order valence-electron chi connectivity index (χ3n) is 2.60. The van der Waals surface area contributed by atoms with Gasteiger partial charge < -0.3 is 11.1 Å². The monoisotopic (exact) mass is 286 g/mol. The summed E-state index contributed by atoms with van der Waals surface area (Å²) >= 11 is 0. The first kappa shape index (κ1) is 12.9. The van der Waals surface area contributed by atoms with Crippen LogP contribution in [0.5, 0.6) is 0 Å². The summed E-state index contributed by atoms with van der Waals surface area (Å²) in [7, 11) is 0. The quantitative estimate of drug-likeness (QED) is 0.729. The van der Waals surface area contributed by atoms with Crippen LogP contribution in [0.2, 0.25) is 0 Å². The maximum absolute atomic E-state index is 13.1. The summed E-state index contributed by atoms with van der Waals surface area (Å²) in [5, 5.41) is 6.88. The molecule has 0 aliphatic rings. The average Bonchev–Trinajstić information content (AvgIpc) is 2.99. The fourth-order valence-corrected chi connectivity index (χ4v) is 1.70. The van der Waals surface area contributed by atoms with E-state index in [1.807, 2.05) is 0 Å². The first-order valence-corrected chi connectivity index (χ1v) is 6.05. The van der Waals surface area contributed by atoms with Crippen molar-refractivity contribution in [1.29, 1.82) is 0 Å². The summed E-state index contributed by atoms with van der Waals surface area (Å²) in [6, 6.07) is 6.23. The predicted octanol–water partition coefficient (Wildman–Crippen LogP) is 0.786. The van der Waals surface area contributed by atoms with Gasteiger partial charge >= 0.3 is 0 Å². The van der Waals surface area contributed by atoms with E-state index in [0.29, 0.717) is 6.54 Å². The molecule has 9 heteroatoms. The fourth-order valence-electron chi connectivity index (χ4n) is 1.70. The minimum absolute atomic E-state index is 0.0530. The molecule has 3 N–H and O–H groups in total. The van der Waals surface area contributed by atoms with Gasteiger partial charge in [-0.2, -0.15) is 24.7 Å². The number of hydrogen-bond donors (Lipinski definition) is 2. The number of nitrogens with zero attached hydrogens (tertiary/aromatic N) is 6. The minimum Gasteiger partial charge on any atom is -0.368 e. The van der Waals surface area contributed by atoms with E-state index < -0.39 is 0 Å². The number of anilines is 2. The van der Waals surface area contributed by atoms with E-state index in [2.05, 4.69) is 30.4 Å². The van der Waals surface area contributed by atoms with Crippen LogP contribution in [-0.4, -0.2) is 29.7 Å². The third-order valence-corrected chi connectivity index (χ3v) is 2.60. The number of nitrogens with two attached hydrogens (primary N) is 1. The zero-order valence-electron chi connectivity index (χ0n) is 10.8. The highest BCUT2D eigenvalue weighted by atomic mass is 19.1. The molecule has 106 valence electrons. The van der Waals surface area contributed by atoms with Crippen molar-refractivity contribution in [1.82, 2.24) is 29.7 Å². The third kappa shape index (κ3) is 3.08. The number of rotatable bonds is 4. The molecule has 2 heterocycles. The van der Waals surface area contributed by atoms with E-state index in [9.17, 15) is 4.39 Å². The molecule has 2 aromatic heterocycles. The smallest absolute Gasteiger partial charge is 0.258 e. The zero-order valence-corrected chi connectivity index (χ0v) is 10.8. The lowest BCUT2D eigenvalue weighted by Crippen LogP contribution is -2.11. The van der Waals surface area contributed by atoms with E-state index >= 15 is 0 Å². The molecule has 0 amide bonds. The average molecular weight is 286 g/mol. The highest BCUT2D eigenvalue weighted by Gasteiger charge is 2.07. The van der Waals surface area contributed by atoms with Gasteiger partial charge in [0.15, 0.2) is 0 Å². The summed E-state index contributed by atoms with van der Waals surface area (Å²) in [4.78, 5) is 15.9. The Morgan fingerprint density at radius 1 is 1.24 bits per heavy atom. The van der Waals surface area contributed by atoms with E-state index in [4.69, 9.17) is 5.73 Å². The SMILES string of the molecule is Nc1nc(NCc2cccc(F)c2)nc(-n2cncn2)n1. The molecule has 0 bridgehead atoms. The van der Waals surface area contributed by atoms with Crippen LogP contribution in [0.4, 0.5) is 16.3 Å². The van der Waals surface area contributed by atoms with Crippen molar-refractivity contribution in [2.24, 2.45) is 0 Å². The molecule has 0 saturated carbocycles. The molecule has 0 unspecified atom stereocenters. The number of halogens is 1. The van der Waals surface area contributed by atoms with Crippen molar-refractivity contribution in [2.45, 2.75) is 6.54 Å². The highest BCUT2D eigenvalue weighted by Crippen LogP contribution is 2.09. The maximum atomic E-state index is 13.1. The molecule has 0 spiro atoms. The first-order valence-electron chi connectivity index (χ1n) is 6.05. The molecule has 0 aliphatic carbocycles. The Balaban J connectivity index is 1.79. The van der Waals surface area contributed by atoms with Gasteiger partial charge in [0.2, 0.25) is 11.9 Å². The molecule has 0 fully saturated rings. The fraction of sp³-hybridized carbons (Fsp3) is 0.0833. The maximum Gasteiger partial charge on any atom is 0.258 e. The summed E-state index contributed by atoms with van der Waals surface area (Å²) in [6.45, 7) is 0.359. The lowest BCUT2D eigenvalue weighted by molar-refractivity contribution is 0.626. The standard InChI is InChI=1S/C12H11FN8/c13-9-3-1-2-8(4-9)5-16-11-18-10(14)19-12(20-11)21-7-15-6-17-21/h1-4,6-7H,5H2,(H3,14,16,18,19,20). The van der Waals surface area contributed by atoms with Crippen LogP contribution in [-0.2, 0) is 6.54 Å². The second-order valence-corrected chi connectivity index (χ2v) is 4.14. The molecule has 3 rings (SSSR count). The summed E-state index contributed by atoms with van der Waals surface area (Å²) in [5.41, 5.74) is 6.40.